The van der Waals surface area contributed by atoms with Gasteiger partial charge in [0.2, 0.25) is 5.91 Å². The summed E-state index contributed by atoms with van der Waals surface area (Å²) in [5, 5.41) is 5.21. The molecule has 0 saturated carbocycles. The Bertz CT molecular complexity index is 870. The minimum atomic E-state index is 0.185. The Morgan fingerprint density at radius 3 is 3.00 bits per heavy atom. The smallest absolute Gasteiger partial charge is 0.237 e. The molecular formula is C18H16N2OS3. The highest BCUT2D eigenvalue weighted by Gasteiger charge is 2.25. The number of hydrogen-bond acceptors (Lipinski definition) is 5. The van der Waals surface area contributed by atoms with Crippen LogP contribution in [0.1, 0.15) is 10.6 Å². The van der Waals surface area contributed by atoms with Gasteiger partial charge >= 0.3 is 0 Å². The summed E-state index contributed by atoms with van der Waals surface area (Å²) in [5.41, 5.74) is 4.47. The van der Waals surface area contributed by atoms with E-state index in [1.807, 2.05) is 23.3 Å². The van der Waals surface area contributed by atoms with Gasteiger partial charge in [0.05, 0.1) is 20.7 Å². The molecule has 0 spiro atoms. The number of amides is 1. The summed E-state index contributed by atoms with van der Waals surface area (Å²) in [4.78, 5) is 19.0. The summed E-state index contributed by atoms with van der Waals surface area (Å²) >= 11 is 4.96. The Kier molecular flexibility index (Phi) is 4.43. The highest BCUT2D eigenvalue weighted by Crippen LogP contribution is 2.33. The van der Waals surface area contributed by atoms with Gasteiger partial charge < -0.3 is 4.90 Å². The maximum atomic E-state index is 12.6. The van der Waals surface area contributed by atoms with Crippen LogP contribution in [-0.2, 0) is 11.2 Å². The van der Waals surface area contributed by atoms with Crippen molar-refractivity contribution in [1.29, 1.82) is 0 Å². The van der Waals surface area contributed by atoms with Crippen LogP contribution < -0.4 is 4.90 Å². The van der Waals surface area contributed by atoms with E-state index in [4.69, 9.17) is 0 Å². The van der Waals surface area contributed by atoms with Crippen molar-refractivity contribution < 1.29 is 4.79 Å². The number of benzene rings is 1. The third kappa shape index (κ3) is 3.14. The van der Waals surface area contributed by atoms with Crippen LogP contribution in [0.15, 0.2) is 45.3 Å². The van der Waals surface area contributed by atoms with E-state index in [1.54, 1.807) is 34.4 Å². The number of anilines is 1. The summed E-state index contributed by atoms with van der Waals surface area (Å²) in [7, 11) is 0. The minimum absolute atomic E-state index is 0.185. The summed E-state index contributed by atoms with van der Waals surface area (Å²) in [6.07, 6.45) is 0.918. The number of carbonyl (C=O) groups excluding carboxylic acids is 1. The van der Waals surface area contributed by atoms with Crippen molar-refractivity contribution in [3.05, 3.63) is 51.7 Å². The fraction of sp³-hybridized carbons (Fsp3) is 0.222. The molecule has 3 heterocycles. The highest BCUT2D eigenvalue weighted by molar-refractivity contribution is 8.01. The van der Waals surface area contributed by atoms with Gasteiger partial charge in [-0.1, -0.05) is 12.1 Å². The van der Waals surface area contributed by atoms with E-state index in [1.165, 1.54) is 9.77 Å². The largest absolute Gasteiger partial charge is 0.311 e. The van der Waals surface area contributed by atoms with Crippen LogP contribution in [0.5, 0.6) is 0 Å². The average molecular weight is 373 g/mol. The SMILES string of the molecule is Cc1nc(-c2ccc3c(c2)CCN3C(=O)CSc2cccs2)cs1. The molecule has 122 valence electrons. The molecule has 4 rings (SSSR count). The van der Waals surface area contributed by atoms with Crippen molar-refractivity contribution in [3.8, 4) is 11.3 Å². The van der Waals surface area contributed by atoms with Gasteiger partial charge in [0.15, 0.2) is 0 Å². The number of rotatable bonds is 4. The lowest BCUT2D eigenvalue weighted by molar-refractivity contribution is -0.116. The molecule has 0 radical (unpaired) electrons. The Morgan fingerprint density at radius 2 is 2.25 bits per heavy atom. The molecule has 3 aromatic rings. The van der Waals surface area contributed by atoms with E-state index in [0.717, 1.165) is 34.9 Å². The van der Waals surface area contributed by atoms with Gasteiger partial charge in [-0.3, -0.25) is 4.79 Å². The normalized spacial score (nSPS) is 13.3. The first-order chi connectivity index (χ1) is 11.7. The first-order valence-corrected chi connectivity index (χ1v) is 10.5. The predicted molar refractivity (Wildman–Crippen MR) is 103 cm³/mol. The first kappa shape index (κ1) is 15.9. The van der Waals surface area contributed by atoms with Crippen molar-refractivity contribution >= 4 is 46.0 Å². The monoisotopic (exact) mass is 372 g/mol. The molecule has 0 atom stereocenters. The maximum Gasteiger partial charge on any atom is 0.237 e. The molecule has 0 N–H and O–H groups in total. The summed E-state index contributed by atoms with van der Waals surface area (Å²) in [6.45, 7) is 2.80. The summed E-state index contributed by atoms with van der Waals surface area (Å²) in [6, 6.07) is 10.4. The zero-order valence-electron chi connectivity index (χ0n) is 13.2. The number of thiazole rings is 1. The zero-order chi connectivity index (χ0) is 16.5. The third-order valence-electron chi connectivity index (χ3n) is 4.02. The van der Waals surface area contributed by atoms with Crippen LogP contribution in [0.25, 0.3) is 11.3 Å². The van der Waals surface area contributed by atoms with E-state index < -0.39 is 0 Å². The number of nitrogens with zero attached hydrogens (tertiary/aromatic N) is 2. The number of fused-ring (bicyclic) bond motifs is 1. The molecule has 1 aliphatic rings. The second-order valence-corrected chi connectivity index (χ2v) is 8.90. The molecule has 24 heavy (non-hydrogen) atoms. The van der Waals surface area contributed by atoms with Gasteiger partial charge in [-0.25, -0.2) is 4.98 Å². The van der Waals surface area contributed by atoms with Crippen LogP contribution >= 0.6 is 34.4 Å². The first-order valence-electron chi connectivity index (χ1n) is 7.73. The lowest BCUT2D eigenvalue weighted by Crippen LogP contribution is -2.30. The standard InChI is InChI=1S/C18H16N2OS3/c1-12-19-15(10-23-12)13-4-5-16-14(9-13)6-7-20(16)17(21)11-24-18-3-2-8-22-18/h2-5,8-10H,6-7,11H2,1H3. The number of aromatic nitrogens is 1. The van der Waals surface area contributed by atoms with Gasteiger partial charge in [0.25, 0.3) is 0 Å². The molecule has 0 fully saturated rings. The van der Waals surface area contributed by atoms with E-state index in [-0.39, 0.29) is 5.91 Å². The molecule has 2 aromatic heterocycles. The molecule has 3 nitrogen and oxygen atoms in total. The van der Waals surface area contributed by atoms with Crippen molar-refractivity contribution in [2.45, 2.75) is 17.6 Å². The third-order valence-corrected chi connectivity index (χ3v) is 6.91. The van der Waals surface area contributed by atoms with Crippen molar-refractivity contribution in [3.63, 3.8) is 0 Å². The predicted octanol–water partition coefficient (Wildman–Crippen LogP) is 4.86. The number of aryl methyl sites for hydroxylation is 1. The number of hydrogen-bond donors (Lipinski definition) is 0. The van der Waals surface area contributed by atoms with Gasteiger partial charge in [0, 0.05) is 23.2 Å². The molecular weight excluding hydrogens is 356 g/mol. The molecule has 6 heteroatoms. The second kappa shape index (κ2) is 6.70. The van der Waals surface area contributed by atoms with E-state index in [2.05, 4.69) is 34.6 Å². The van der Waals surface area contributed by atoms with Gasteiger partial charge in [-0.15, -0.1) is 34.4 Å². The number of carbonyl (C=O) groups is 1. The molecule has 1 amide bonds. The Hall–Kier alpha value is -1.63. The van der Waals surface area contributed by atoms with E-state index in [0.29, 0.717) is 5.75 Å². The Labute approximate surface area is 153 Å². The van der Waals surface area contributed by atoms with Crippen molar-refractivity contribution in [2.24, 2.45) is 0 Å². The van der Waals surface area contributed by atoms with Crippen LogP contribution in [0.3, 0.4) is 0 Å². The fourth-order valence-corrected chi connectivity index (χ4v) is 5.15. The molecule has 1 aromatic carbocycles. The Balaban J connectivity index is 1.50. The minimum Gasteiger partial charge on any atom is -0.311 e. The van der Waals surface area contributed by atoms with E-state index >= 15 is 0 Å². The second-order valence-electron chi connectivity index (χ2n) is 5.61. The lowest BCUT2D eigenvalue weighted by Gasteiger charge is -2.17. The van der Waals surface area contributed by atoms with Crippen LogP contribution in [0, 0.1) is 6.92 Å². The van der Waals surface area contributed by atoms with Crippen LogP contribution in [0.2, 0.25) is 0 Å². The molecule has 1 aliphatic heterocycles. The summed E-state index contributed by atoms with van der Waals surface area (Å²) in [5.74, 6) is 0.678. The lowest BCUT2D eigenvalue weighted by atomic mass is 10.1. The highest BCUT2D eigenvalue weighted by atomic mass is 32.2. The van der Waals surface area contributed by atoms with Crippen molar-refractivity contribution in [2.75, 3.05) is 17.2 Å². The maximum absolute atomic E-state index is 12.6. The van der Waals surface area contributed by atoms with Gasteiger partial charge in [0.1, 0.15) is 0 Å². The summed E-state index contributed by atoms with van der Waals surface area (Å²) < 4.78 is 1.19. The van der Waals surface area contributed by atoms with Gasteiger partial charge in [-0.05, 0) is 42.5 Å². The number of thioether (sulfide) groups is 1. The van der Waals surface area contributed by atoms with Crippen LogP contribution in [0.4, 0.5) is 5.69 Å². The number of thiophene rings is 1. The molecule has 0 saturated heterocycles. The fourth-order valence-electron chi connectivity index (χ4n) is 2.87. The van der Waals surface area contributed by atoms with Gasteiger partial charge in [-0.2, -0.15) is 0 Å². The van der Waals surface area contributed by atoms with Crippen molar-refractivity contribution in [1.82, 2.24) is 4.98 Å². The topological polar surface area (TPSA) is 33.2 Å². The Morgan fingerprint density at radius 1 is 1.33 bits per heavy atom. The zero-order valence-corrected chi connectivity index (χ0v) is 15.6. The van der Waals surface area contributed by atoms with E-state index in [9.17, 15) is 4.79 Å². The molecule has 0 aliphatic carbocycles. The average Bonchev–Trinajstić information content (AvgIpc) is 3.32. The van der Waals surface area contributed by atoms with Crippen LogP contribution in [-0.4, -0.2) is 23.2 Å². The molecule has 0 bridgehead atoms. The quantitative estimate of drug-likeness (QED) is 0.613. The molecule has 0 unspecified atom stereocenters.